The molecule has 2 rings (SSSR count). The minimum atomic E-state index is -4.38. The monoisotopic (exact) mass is 287 g/mol. The summed E-state index contributed by atoms with van der Waals surface area (Å²) in [6.07, 6.45) is -1.64. The fourth-order valence-corrected chi connectivity index (χ4v) is 1.71. The van der Waals surface area contributed by atoms with E-state index in [9.17, 15) is 13.2 Å². The van der Waals surface area contributed by atoms with Gasteiger partial charge in [0.25, 0.3) is 0 Å². The van der Waals surface area contributed by atoms with E-state index in [0.717, 1.165) is 6.07 Å². The van der Waals surface area contributed by atoms with E-state index in [2.05, 4.69) is 15.3 Å². The highest BCUT2D eigenvalue weighted by atomic mass is 35.5. The van der Waals surface area contributed by atoms with Gasteiger partial charge >= 0.3 is 6.18 Å². The Hall–Kier alpha value is -1.82. The topological polar surface area (TPSA) is 37.8 Å². The number of nitrogens with one attached hydrogen (secondary N) is 1. The molecule has 1 aromatic heterocycles. The van der Waals surface area contributed by atoms with Gasteiger partial charge in [-0.05, 0) is 11.6 Å². The average molecular weight is 288 g/mol. The fraction of sp³-hybridized carbons (Fsp3) is 0.167. The molecule has 0 bridgehead atoms. The number of hydrogen-bond acceptors (Lipinski definition) is 3. The van der Waals surface area contributed by atoms with E-state index >= 15 is 0 Å². The molecule has 0 saturated carbocycles. The van der Waals surface area contributed by atoms with Crippen molar-refractivity contribution in [1.82, 2.24) is 9.97 Å². The van der Waals surface area contributed by atoms with Gasteiger partial charge < -0.3 is 5.32 Å². The maximum Gasteiger partial charge on any atom is 0.416 e. The molecule has 0 fully saturated rings. The molecule has 0 spiro atoms. The molecule has 1 heterocycles. The van der Waals surface area contributed by atoms with Gasteiger partial charge in [0.05, 0.1) is 18.0 Å². The Balaban J connectivity index is 2.16. The van der Waals surface area contributed by atoms with Crippen molar-refractivity contribution in [1.29, 1.82) is 0 Å². The number of hydrogen-bond donors (Lipinski definition) is 1. The summed E-state index contributed by atoms with van der Waals surface area (Å²) in [5.74, 6) is 0.324. The predicted octanol–water partition coefficient (Wildman–Crippen LogP) is 3.76. The Kier molecular flexibility index (Phi) is 3.90. The highest BCUT2D eigenvalue weighted by Crippen LogP contribution is 2.32. The molecule has 0 aliphatic heterocycles. The molecule has 2 aromatic rings. The first-order chi connectivity index (χ1) is 8.97. The standard InChI is InChI=1S/C12H9ClF3N3/c13-10-6-17-7-11(19-10)18-5-8-3-1-2-4-9(8)12(14,15)16/h1-4,6-7H,5H2,(H,18,19). The lowest BCUT2D eigenvalue weighted by atomic mass is 10.1. The maximum atomic E-state index is 12.8. The minimum Gasteiger partial charge on any atom is -0.365 e. The molecule has 3 nitrogen and oxygen atoms in total. The van der Waals surface area contributed by atoms with E-state index < -0.39 is 11.7 Å². The van der Waals surface area contributed by atoms with E-state index in [1.54, 1.807) is 6.07 Å². The number of alkyl halides is 3. The number of benzene rings is 1. The van der Waals surface area contributed by atoms with E-state index in [1.807, 2.05) is 0 Å². The van der Waals surface area contributed by atoms with Gasteiger partial charge in [0, 0.05) is 6.54 Å². The first-order valence-corrected chi connectivity index (χ1v) is 5.71. The van der Waals surface area contributed by atoms with Crippen LogP contribution in [0.4, 0.5) is 19.0 Å². The third-order valence-electron chi connectivity index (χ3n) is 2.39. The van der Waals surface area contributed by atoms with Crippen molar-refractivity contribution in [3.63, 3.8) is 0 Å². The Morgan fingerprint density at radius 2 is 1.89 bits per heavy atom. The Morgan fingerprint density at radius 3 is 2.58 bits per heavy atom. The van der Waals surface area contributed by atoms with Gasteiger partial charge in [0.15, 0.2) is 0 Å². The van der Waals surface area contributed by atoms with Crippen molar-refractivity contribution in [2.75, 3.05) is 5.32 Å². The van der Waals surface area contributed by atoms with Crippen LogP contribution in [0, 0.1) is 0 Å². The molecule has 0 aliphatic rings. The zero-order valence-corrected chi connectivity index (χ0v) is 10.3. The summed E-state index contributed by atoms with van der Waals surface area (Å²) in [5, 5.41) is 2.93. The van der Waals surface area contributed by atoms with Crippen LogP contribution >= 0.6 is 11.6 Å². The van der Waals surface area contributed by atoms with Crippen LogP contribution in [0.3, 0.4) is 0 Å². The van der Waals surface area contributed by atoms with Crippen LogP contribution in [0.25, 0.3) is 0 Å². The number of aromatic nitrogens is 2. The van der Waals surface area contributed by atoms with Crippen molar-refractivity contribution >= 4 is 17.4 Å². The fourth-order valence-electron chi connectivity index (χ4n) is 1.56. The van der Waals surface area contributed by atoms with Gasteiger partial charge in [-0.2, -0.15) is 13.2 Å². The summed E-state index contributed by atoms with van der Waals surface area (Å²) in [4.78, 5) is 7.68. The van der Waals surface area contributed by atoms with Crippen molar-refractivity contribution in [3.05, 3.63) is 52.9 Å². The van der Waals surface area contributed by atoms with Crippen molar-refractivity contribution in [2.45, 2.75) is 12.7 Å². The molecule has 0 aliphatic carbocycles. The molecule has 0 radical (unpaired) electrons. The van der Waals surface area contributed by atoms with E-state index in [0.29, 0.717) is 5.82 Å². The van der Waals surface area contributed by atoms with Crippen molar-refractivity contribution < 1.29 is 13.2 Å². The first-order valence-electron chi connectivity index (χ1n) is 5.33. The largest absolute Gasteiger partial charge is 0.416 e. The summed E-state index contributed by atoms with van der Waals surface area (Å²) in [6, 6.07) is 5.36. The highest BCUT2D eigenvalue weighted by molar-refractivity contribution is 6.29. The second-order valence-electron chi connectivity index (χ2n) is 3.74. The van der Waals surface area contributed by atoms with Crippen LogP contribution in [0.5, 0.6) is 0 Å². The predicted molar refractivity (Wildman–Crippen MR) is 65.8 cm³/mol. The zero-order valence-electron chi connectivity index (χ0n) is 9.58. The third kappa shape index (κ3) is 3.57. The summed E-state index contributed by atoms with van der Waals surface area (Å²) < 4.78 is 38.3. The summed E-state index contributed by atoms with van der Waals surface area (Å²) >= 11 is 5.64. The zero-order chi connectivity index (χ0) is 13.9. The third-order valence-corrected chi connectivity index (χ3v) is 2.57. The molecule has 0 unspecified atom stereocenters. The number of rotatable bonds is 3. The van der Waals surface area contributed by atoms with Crippen LogP contribution in [-0.4, -0.2) is 9.97 Å². The SMILES string of the molecule is FC(F)(F)c1ccccc1CNc1cncc(Cl)n1. The molecular formula is C12H9ClF3N3. The minimum absolute atomic E-state index is 0.00922. The average Bonchev–Trinajstić information content (AvgIpc) is 2.36. The molecule has 0 amide bonds. The van der Waals surface area contributed by atoms with Crippen LogP contribution in [0.1, 0.15) is 11.1 Å². The van der Waals surface area contributed by atoms with Gasteiger partial charge in [0.2, 0.25) is 0 Å². The number of halogens is 4. The molecular weight excluding hydrogens is 279 g/mol. The lowest BCUT2D eigenvalue weighted by Crippen LogP contribution is -2.12. The summed E-state index contributed by atoms with van der Waals surface area (Å²) in [5.41, 5.74) is -0.533. The Morgan fingerprint density at radius 1 is 1.16 bits per heavy atom. The van der Waals surface area contributed by atoms with Gasteiger partial charge in [-0.15, -0.1) is 0 Å². The number of anilines is 1. The molecule has 0 atom stereocenters. The van der Waals surface area contributed by atoms with Crippen molar-refractivity contribution in [2.24, 2.45) is 0 Å². The summed E-state index contributed by atoms with van der Waals surface area (Å²) in [6.45, 7) is -0.00922. The molecule has 19 heavy (non-hydrogen) atoms. The second-order valence-corrected chi connectivity index (χ2v) is 4.12. The maximum absolute atomic E-state index is 12.8. The lowest BCUT2D eigenvalue weighted by Gasteiger charge is -2.13. The second kappa shape index (κ2) is 5.44. The van der Waals surface area contributed by atoms with E-state index in [1.165, 1.54) is 24.5 Å². The van der Waals surface area contributed by atoms with Crippen LogP contribution in [-0.2, 0) is 12.7 Å². The van der Waals surface area contributed by atoms with E-state index in [-0.39, 0.29) is 17.3 Å². The van der Waals surface area contributed by atoms with Gasteiger partial charge in [-0.25, -0.2) is 4.98 Å². The molecule has 1 aromatic carbocycles. The molecule has 0 saturated heterocycles. The normalized spacial score (nSPS) is 11.4. The van der Waals surface area contributed by atoms with Gasteiger partial charge in [-0.1, -0.05) is 29.8 Å². The highest BCUT2D eigenvalue weighted by Gasteiger charge is 2.32. The Bertz CT molecular complexity index is 572. The molecule has 7 heteroatoms. The summed E-state index contributed by atoms with van der Waals surface area (Å²) in [7, 11) is 0. The smallest absolute Gasteiger partial charge is 0.365 e. The van der Waals surface area contributed by atoms with Crippen LogP contribution in [0.2, 0.25) is 5.15 Å². The van der Waals surface area contributed by atoms with E-state index in [4.69, 9.17) is 11.6 Å². The van der Waals surface area contributed by atoms with Crippen LogP contribution < -0.4 is 5.32 Å². The molecule has 1 N–H and O–H groups in total. The van der Waals surface area contributed by atoms with Crippen LogP contribution in [0.15, 0.2) is 36.7 Å². The van der Waals surface area contributed by atoms with Gasteiger partial charge in [-0.3, -0.25) is 4.98 Å². The Labute approximate surface area is 112 Å². The first kappa shape index (κ1) is 13.6. The molecule has 100 valence electrons. The quantitative estimate of drug-likeness (QED) is 0.934. The number of nitrogens with zero attached hydrogens (tertiary/aromatic N) is 2. The van der Waals surface area contributed by atoms with Gasteiger partial charge in [0.1, 0.15) is 11.0 Å². The van der Waals surface area contributed by atoms with Crippen molar-refractivity contribution in [3.8, 4) is 0 Å². The lowest BCUT2D eigenvalue weighted by molar-refractivity contribution is -0.138.